The van der Waals surface area contributed by atoms with Crippen LogP contribution in [-0.4, -0.2) is 42.3 Å². The van der Waals surface area contributed by atoms with Gasteiger partial charge in [0.25, 0.3) is 5.91 Å². The highest BCUT2D eigenvalue weighted by molar-refractivity contribution is 7.98. The van der Waals surface area contributed by atoms with Crippen molar-refractivity contribution in [2.75, 3.05) is 18.6 Å². The van der Waals surface area contributed by atoms with E-state index in [1.54, 1.807) is 48.2 Å². The molecule has 0 saturated carbocycles. The molecule has 3 aromatic rings. The van der Waals surface area contributed by atoms with E-state index < -0.39 is 12.0 Å². The van der Waals surface area contributed by atoms with Gasteiger partial charge in [-0.25, -0.2) is 4.79 Å². The molecular formula is C24H23NO4S. The van der Waals surface area contributed by atoms with E-state index in [9.17, 15) is 14.4 Å². The zero-order valence-electron chi connectivity index (χ0n) is 16.7. The molecule has 0 aliphatic rings. The number of fused-ring (bicyclic) bond motifs is 1. The largest absolute Gasteiger partial charge is 0.456 e. The molecule has 5 nitrogen and oxygen atoms in total. The number of amides is 1. The van der Waals surface area contributed by atoms with Crippen molar-refractivity contribution in [3.8, 4) is 0 Å². The Labute approximate surface area is 179 Å². The summed E-state index contributed by atoms with van der Waals surface area (Å²) in [6.45, 7) is -0.367. The molecule has 0 heterocycles. The van der Waals surface area contributed by atoms with Crippen molar-refractivity contribution in [1.82, 2.24) is 5.32 Å². The number of nitrogens with one attached hydrogen (secondary N) is 1. The van der Waals surface area contributed by atoms with Gasteiger partial charge in [-0.2, -0.15) is 11.8 Å². The highest BCUT2D eigenvalue weighted by Crippen LogP contribution is 2.16. The number of Topliss-reactive ketones (excluding diaryl/α,β-unsaturated/α-hetero) is 1. The molecule has 0 spiro atoms. The first-order valence-corrected chi connectivity index (χ1v) is 11.0. The summed E-state index contributed by atoms with van der Waals surface area (Å²) in [7, 11) is 0. The lowest BCUT2D eigenvalue weighted by molar-refractivity contribution is -0.144. The fraction of sp³-hybridized carbons (Fsp3) is 0.208. The van der Waals surface area contributed by atoms with Crippen LogP contribution in [0.3, 0.4) is 0 Å². The monoisotopic (exact) mass is 421 g/mol. The molecule has 0 aromatic heterocycles. The number of thioether (sulfide) groups is 1. The maximum absolute atomic E-state index is 12.6. The van der Waals surface area contributed by atoms with Gasteiger partial charge in [0.15, 0.2) is 12.4 Å². The van der Waals surface area contributed by atoms with Gasteiger partial charge in [-0.1, -0.05) is 54.6 Å². The van der Waals surface area contributed by atoms with Crippen LogP contribution in [-0.2, 0) is 9.53 Å². The molecule has 0 aliphatic heterocycles. The fourth-order valence-corrected chi connectivity index (χ4v) is 3.47. The zero-order valence-corrected chi connectivity index (χ0v) is 17.5. The number of benzene rings is 3. The number of ketones is 1. The third-order valence-electron chi connectivity index (χ3n) is 4.65. The predicted molar refractivity (Wildman–Crippen MR) is 120 cm³/mol. The molecule has 6 heteroatoms. The summed E-state index contributed by atoms with van der Waals surface area (Å²) in [5.41, 5.74) is 0.946. The van der Waals surface area contributed by atoms with Crippen molar-refractivity contribution >= 4 is 40.2 Å². The lowest BCUT2D eigenvalue weighted by atomic mass is 10.0. The summed E-state index contributed by atoms with van der Waals surface area (Å²) in [6.07, 6.45) is 2.34. The number of hydrogen-bond acceptors (Lipinski definition) is 5. The third kappa shape index (κ3) is 5.70. The van der Waals surface area contributed by atoms with Crippen LogP contribution in [0, 0.1) is 0 Å². The summed E-state index contributed by atoms with van der Waals surface area (Å²) in [6, 6.07) is 21.0. The highest BCUT2D eigenvalue weighted by atomic mass is 32.2. The molecule has 0 saturated heterocycles. The van der Waals surface area contributed by atoms with E-state index in [1.807, 2.05) is 42.7 Å². The average Bonchev–Trinajstić information content (AvgIpc) is 2.80. The smallest absolute Gasteiger partial charge is 0.329 e. The number of carbonyl (C=O) groups excluding carboxylic acids is 3. The van der Waals surface area contributed by atoms with Gasteiger partial charge in [-0.15, -0.1) is 0 Å². The quantitative estimate of drug-likeness (QED) is 0.416. The Balaban J connectivity index is 1.62. The van der Waals surface area contributed by atoms with E-state index >= 15 is 0 Å². The number of carbonyl (C=O) groups is 3. The lowest BCUT2D eigenvalue weighted by Gasteiger charge is -2.17. The molecule has 1 unspecified atom stereocenters. The van der Waals surface area contributed by atoms with Crippen LogP contribution in [0.4, 0.5) is 0 Å². The molecule has 30 heavy (non-hydrogen) atoms. The molecule has 1 atom stereocenters. The first-order valence-electron chi connectivity index (χ1n) is 9.62. The first kappa shape index (κ1) is 21.6. The predicted octanol–water partition coefficient (Wildman–Crippen LogP) is 4.12. The minimum absolute atomic E-state index is 0.285. The van der Waals surface area contributed by atoms with Crippen LogP contribution in [0.2, 0.25) is 0 Å². The van der Waals surface area contributed by atoms with Crippen LogP contribution >= 0.6 is 11.8 Å². The van der Waals surface area contributed by atoms with Gasteiger partial charge in [-0.3, -0.25) is 9.59 Å². The summed E-state index contributed by atoms with van der Waals surface area (Å²) >= 11 is 1.57. The minimum Gasteiger partial charge on any atom is -0.456 e. The maximum Gasteiger partial charge on any atom is 0.329 e. The fourth-order valence-electron chi connectivity index (χ4n) is 3.00. The van der Waals surface area contributed by atoms with Crippen LogP contribution in [0.5, 0.6) is 0 Å². The van der Waals surface area contributed by atoms with Crippen molar-refractivity contribution in [2.45, 2.75) is 12.5 Å². The number of ether oxygens (including phenoxy) is 1. The Morgan fingerprint density at radius 2 is 1.60 bits per heavy atom. The SMILES string of the molecule is CSCCC(NC(=O)c1ccccc1)C(=O)OCC(=O)c1ccc2ccccc2c1. The zero-order chi connectivity index (χ0) is 21.3. The van der Waals surface area contributed by atoms with Crippen LogP contribution in [0.15, 0.2) is 72.8 Å². The topological polar surface area (TPSA) is 72.5 Å². The van der Waals surface area contributed by atoms with Crippen LogP contribution < -0.4 is 5.32 Å². The Kier molecular flexibility index (Phi) is 7.63. The Hall–Kier alpha value is -3.12. The van der Waals surface area contributed by atoms with Gasteiger partial charge in [0, 0.05) is 11.1 Å². The maximum atomic E-state index is 12.6. The third-order valence-corrected chi connectivity index (χ3v) is 5.30. The summed E-state index contributed by atoms with van der Waals surface area (Å²) in [5.74, 6) is -0.568. The molecule has 0 fully saturated rings. The van der Waals surface area contributed by atoms with E-state index in [2.05, 4.69) is 5.32 Å². The number of hydrogen-bond donors (Lipinski definition) is 1. The van der Waals surface area contributed by atoms with Gasteiger partial charge in [0.2, 0.25) is 0 Å². The van der Waals surface area contributed by atoms with Gasteiger partial charge in [0.05, 0.1) is 0 Å². The van der Waals surface area contributed by atoms with E-state index in [0.29, 0.717) is 23.3 Å². The van der Waals surface area contributed by atoms with E-state index in [4.69, 9.17) is 4.74 Å². The second kappa shape index (κ2) is 10.6. The van der Waals surface area contributed by atoms with Crippen LogP contribution in [0.1, 0.15) is 27.1 Å². The molecular weight excluding hydrogens is 398 g/mol. The Morgan fingerprint density at radius 3 is 2.33 bits per heavy atom. The van der Waals surface area contributed by atoms with Crippen molar-refractivity contribution in [1.29, 1.82) is 0 Å². The van der Waals surface area contributed by atoms with Crippen molar-refractivity contribution < 1.29 is 19.1 Å². The Bertz CT molecular complexity index is 1040. The van der Waals surface area contributed by atoms with Crippen molar-refractivity contribution in [3.05, 3.63) is 83.9 Å². The van der Waals surface area contributed by atoms with Gasteiger partial charge < -0.3 is 10.1 Å². The van der Waals surface area contributed by atoms with Crippen molar-refractivity contribution in [3.63, 3.8) is 0 Å². The second-order valence-corrected chi connectivity index (χ2v) is 7.75. The molecule has 0 bridgehead atoms. The van der Waals surface area contributed by atoms with E-state index in [0.717, 1.165) is 10.8 Å². The van der Waals surface area contributed by atoms with Gasteiger partial charge in [0.1, 0.15) is 6.04 Å². The summed E-state index contributed by atoms with van der Waals surface area (Å²) < 4.78 is 5.25. The number of rotatable bonds is 9. The molecule has 1 N–H and O–H groups in total. The highest BCUT2D eigenvalue weighted by Gasteiger charge is 2.23. The average molecular weight is 422 g/mol. The molecule has 0 aliphatic carbocycles. The van der Waals surface area contributed by atoms with E-state index in [1.165, 1.54) is 0 Å². The van der Waals surface area contributed by atoms with E-state index in [-0.39, 0.29) is 18.3 Å². The minimum atomic E-state index is -0.811. The lowest BCUT2D eigenvalue weighted by Crippen LogP contribution is -2.42. The standard InChI is InChI=1S/C24H23NO4S/c1-30-14-13-21(25-23(27)18-8-3-2-4-9-18)24(28)29-16-22(26)20-12-11-17-7-5-6-10-19(17)15-20/h2-12,15,21H,13-14,16H2,1H3,(H,25,27). The molecule has 0 radical (unpaired) electrons. The van der Waals surface area contributed by atoms with Crippen molar-refractivity contribution in [2.24, 2.45) is 0 Å². The number of esters is 1. The van der Waals surface area contributed by atoms with Gasteiger partial charge >= 0.3 is 5.97 Å². The second-order valence-electron chi connectivity index (χ2n) is 6.77. The molecule has 3 rings (SSSR count). The van der Waals surface area contributed by atoms with Crippen LogP contribution in [0.25, 0.3) is 10.8 Å². The first-order chi connectivity index (χ1) is 14.6. The molecule has 1 amide bonds. The van der Waals surface area contributed by atoms with Gasteiger partial charge in [-0.05, 0) is 47.4 Å². The summed E-state index contributed by atoms with van der Waals surface area (Å²) in [5, 5.41) is 4.70. The summed E-state index contributed by atoms with van der Waals surface area (Å²) in [4.78, 5) is 37.5. The normalized spacial score (nSPS) is 11.6. The molecule has 154 valence electrons. The molecule has 3 aromatic carbocycles. The Morgan fingerprint density at radius 1 is 0.900 bits per heavy atom.